The van der Waals surface area contributed by atoms with Crippen LogP contribution >= 0.6 is 0 Å². The second-order valence-corrected chi connectivity index (χ2v) is 19.6. The molecule has 2 aromatic heterocycles. The summed E-state index contributed by atoms with van der Waals surface area (Å²) >= 11 is 0. The lowest BCUT2D eigenvalue weighted by molar-refractivity contribution is 0.483. The van der Waals surface area contributed by atoms with E-state index in [4.69, 9.17) is 9.72 Å². The number of ether oxygens (including phenoxy) is 1. The van der Waals surface area contributed by atoms with Crippen molar-refractivity contribution in [2.24, 2.45) is 0 Å². The second-order valence-electron chi connectivity index (χ2n) is 19.6. The number of nitrogens with zero attached hydrogens (tertiary/aromatic N) is 4. The average molecular weight is 767 g/mol. The summed E-state index contributed by atoms with van der Waals surface area (Å²) in [5, 5.41) is 2.35. The van der Waals surface area contributed by atoms with Crippen LogP contribution in [0.15, 0.2) is 140 Å². The number of hydrogen-bond donors (Lipinski definition) is 0. The Morgan fingerprint density at radius 1 is 0.466 bits per heavy atom. The third-order valence-corrected chi connectivity index (χ3v) is 11.9. The monoisotopic (exact) mass is 766 g/mol. The molecule has 1 aliphatic rings. The zero-order chi connectivity index (χ0) is 41.2. The highest BCUT2D eigenvalue weighted by Gasteiger charge is 2.27. The first-order valence-corrected chi connectivity index (χ1v) is 20.6. The molecule has 0 saturated heterocycles. The van der Waals surface area contributed by atoms with Crippen molar-refractivity contribution in [3.63, 3.8) is 0 Å². The first-order chi connectivity index (χ1) is 27.4. The van der Waals surface area contributed by atoms with Crippen molar-refractivity contribution in [1.82, 2.24) is 9.55 Å². The van der Waals surface area contributed by atoms with Crippen LogP contribution < -0.4 is 14.5 Å². The van der Waals surface area contributed by atoms with E-state index in [-0.39, 0.29) is 21.7 Å². The molecule has 0 amide bonds. The van der Waals surface area contributed by atoms with Crippen LogP contribution in [0.4, 0.5) is 11.4 Å². The molecule has 7 aromatic rings. The Balaban J connectivity index is 1.14. The molecular formula is C53H58N4O. The number of benzene rings is 5. The molecule has 0 atom stereocenters. The van der Waals surface area contributed by atoms with E-state index in [0.29, 0.717) is 0 Å². The summed E-state index contributed by atoms with van der Waals surface area (Å²) in [6.45, 7) is 25.8. The van der Waals surface area contributed by atoms with Crippen LogP contribution in [0.2, 0.25) is 0 Å². The summed E-state index contributed by atoms with van der Waals surface area (Å²) in [5.74, 6) is 2.46. The molecule has 0 radical (unpaired) electrons. The van der Waals surface area contributed by atoms with Gasteiger partial charge in [0.05, 0.1) is 17.7 Å². The van der Waals surface area contributed by atoms with Gasteiger partial charge in [-0.3, -0.25) is 4.57 Å². The van der Waals surface area contributed by atoms with E-state index in [0.717, 1.165) is 46.1 Å². The first kappa shape index (κ1) is 39.0. The highest BCUT2D eigenvalue weighted by atomic mass is 16.5. The van der Waals surface area contributed by atoms with Gasteiger partial charge in [-0.2, -0.15) is 0 Å². The van der Waals surface area contributed by atoms with Crippen LogP contribution in [-0.4, -0.2) is 16.2 Å². The van der Waals surface area contributed by atoms with E-state index in [1.54, 1.807) is 0 Å². The normalized spacial score (nSPS) is 13.9. The maximum atomic E-state index is 6.71. The Kier molecular flexibility index (Phi) is 9.58. The second kappa shape index (κ2) is 14.2. The van der Waals surface area contributed by atoms with Gasteiger partial charge in [0.1, 0.15) is 17.3 Å². The molecule has 0 spiro atoms. The van der Waals surface area contributed by atoms with Crippen molar-refractivity contribution in [3.8, 4) is 17.3 Å². The van der Waals surface area contributed by atoms with Crippen LogP contribution in [0.25, 0.3) is 27.6 Å². The third-order valence-electron chi connectivity index (χ3n) is 11.9. The van der Waals surface area contributed by atoms with Gasteiger partial charge in [0, 0.05) is 58.3 Å². The minimum Gasteiger partial charge on any atom is -0.457 e. The SMILES string of the molecule is CC(C)(C)c1cc(N2C=CN(c3cccc(Oc4ccc5c6ccc(C(C)(C)c7ccccc7)cc6n(-c6cc(C(C)(C)C)ccn6)c5c4)c3)C2)cc(C(C)(C)C)c1. The van der Waals surface area contributed by atoms with Crippen LogP contribution in [0.1, 0.15) is 104 Å². The summed E-state index contributed by atoms with van der Waals surface area (Å²) in [6.07, 6.45) is 6.29. The van der Waals surface area contributed by atoms with Gasteiger partial charge in [-0.15, -0.1) is 0 Å². The molecule has 1 aliphatic heterocycles. The lowest BCUT2D eigenvalue weighted by Gasteiger charge is -2.29. The molecule has 0 aliphatic carbocycles. The average Bonchev–Trinajstić information content (AvgIpc) is 3.81. The maximum absolute atomic E-state index is 6.71. The van der Waals surface area contributed by atoms with Gasteiger partial charge < -0.3 is 14.5 Å². The molecule has 296 valence electrons. The highest BCUT2D eigenvalue weighted by Crippen LogP contribution is 2.40. The zero-order valence-electron chi connectivity index (χ0n) is 36.2. The molecule has 5 heteroatoms. The Bertz CT molecular complexity index is 2630. The minimum absolute atomic E-state index is 0.0242. The van der Waals surface area contributed by atoms with E-state index in [1.807, 2.05) is 12.3 Å². The van der Waals surface area contributed by atoms with Crippen molar-refractivity contribution >= 4 is 33.2 Å². The highest BCUT2D eigenvalue weighted by molar-refractivity contribution is 6.09. The molecule has 0 unspecified atom stereocenters. The molecule has 5 nitrogen and oxygen atoms in total. The van der Waals surface area contributed by atoms with E-state index in [9.17, 15) is 0 Å². The van der Waals surface area contributed by atoms with E-state index in [2.05, 4.69) is 218 Å². The molecule has 0 fully saturated rings. The van der Waals surface area contributed by atoms with Crippen molar-refractivity contribution in [3.05, 3.63) is 168 Å². The standard InChI is InChI=1S/C53H58N4O/c1-50(2,3)37-24-25-54-49(32-37)57-47-31-38(53(10,11)36-16-13-12-14-17-36)20-22-45(47)46-23-21-44(34-48(46)57)58-43-19-15-18-41(33-43)55-26-27-56(35-55)42-29-39(51(4,5)6)28-40(30-42)52(7,8)9/h12-34H,35H2,1-11H3. The molecule has 3 heterocycles. The molecule has 8 rings (SSSR count). The maximum Gasteiger partial charge on any atom is 0.137 e. The summed E-state index contributed by atoms with van der Waals surface area (Å²) in [7, 11) is 0. The van der Waals surface area contributed by atoms with Gasteiger partial charge in [-0.25, -0.2) is 4.98 Å². The van der Waals surface area contributed by atoms with Crippen LogP contribution in [0.5, 0.6) is 11.5 Å². The lowest BCUT2D eigenvalue weighted by atomic mass is 9.78. The smallest absolute Gasteiger partial charge is 0.137 e. The third kappa shape index (κ3) is 7.51. The number of rotatable bonds is 7. The fourth-order valence-electron chi connectivity index (χ4n) is 7.99. The zero-order valence-corrected chi connectivity index (χ0v) is 36.2. The molecular weight excluding hydrogens is 709 g/mol. The van der Waals surface area contributed by atoms with Gasteiger partial charge in [0.25, 0.3) is 0 Å². The molecule has 0 bridgehead atoms. The largest absolute Gasteiger partial charge is 0.457 e. The van der Waals surface area contributed by atoms with Gasteiger partial charge in [0.15, 0.2) is 0 Å². The number of pyridine rings is 1. The Hall–Kier alpha value is -5.81. The fourth-order valence-corrected chi connectivity index (χ4v) is 7.99. The summed E-state index contributed by atoms with van der Waals surface area (Å²) in [6, 6.07) is 44.0. The predicted octanol–water partition coefficient (Wildman–Crippen LogP) is 13.9. The van der Waals surface area contributed by atoms with Crippen molar-refractivity contribution in [2.45, 2.75) is 97.8 Å². The molecule has 58 heavy (non-hydrogen) atoms. The van der Waals surface area contributed by atoms with Crippen molar-refractivity contribution in [2.75, 3.05) is 16.5 Å². The molecule has 5 aromatic carbocycles. The van der Waals surface area contributed by atoms with Crippen LogP contribution in [0, 0.1) is 0 Å². The van der Waals surface area contributed by atoms with Crippen LogP contribution in [0.3, 0.4) is 0 Å². The van der Waals surface area contributed by atoms with E-state index < -0.39 is 0 Å². The topological polar surface area (TPSA) is 33.5 Å². The number of aromatic nitrogens is 2. The van der Waals surface area contributed by atoms with Crippen molar-refractivity contribution in [1.29, 1.82) is 0 Å². The van der Waals surface area contributed by atoms with E-state index >= 15 is 0 Å². The quantitative estimate of drug-likeness (QED) is 0.162. The van der Waals surface area contributed by atoms with Crippen LogP contribution in [-0.2, 0) is 21.7 Å². The number of fused-ring (bicyclic) bond motifs is 3. The van der Waals surface area contributed by atoms with Gasteiger partial charge in [-0.1, -0.05) is 131 Å². The summed E-state index contributed by atoms with van der Waals surface area (Å²) in [4.78, 5) is 9.59. The fraction of sp³-hybridized carbons (Fsp3) is 0.302. The van der Waals surface area contributed by atoms with Gasteiger partial charge in [0.2, 0.25) is 0 Å². The Morgan fingerprint density at radius 2 is 1.07 bits per heavy atom. The van der Waals surface area contributed by atoms with Gasteiger partial charge >= 0.3 is 0 Å². The van der Waals surface area contributed by atoms with E-state index in [1.165, 1.54) is 38.9 Å². The summed E-state index contributed by atoms with van der Waals surface area (Å²) in [5.41, 5.74) is 10.8. The Labute approximate surface area is 345 Å². The van der Waals surface area contributed by atoms with Gasteiger partial charge in [-0.05, 0) is 98.7 Å². The Morgan fingerprint density at radius 3 is 1.72 bits per heavy atom. The molecule has 0 N–H and O–H groups in total. The lowest BCUT2D eigenvalue weighted by Crippen LogP contribution is -2.26. The number of hydrogen-bond acceptors (Lipinski definition) is 4. The number of anilines is 2. The predicted molar refractivity (Wildman–Crippen MR) is 245 cm³/mol. The molecule has 0 saturated carbocycles. The summed E-state index contributed by atoms with van der Waals surface area (Å²) < 4.78 is 9.02. The minimum atomic E-state index is -0.190. The van der Waals surface area contributed by atoms with Crippen molar-refractivity contribution < 1.29 is 4.74 Å². The first-order valence-electron chi connectivity index (χ1n) is 20.6.